The molecule has 0 aliphatic heterocycles. The van der Waals surface area contributed by atoms with Crippen molar-refractivity contribution in [3.63, 3.8) is 0 Å². The summed E-state index contributed by atoms with van der Waals surface area (Å²) in [4.78, 5) is 4.70. The van der Waals surface area contributed by atoms with Crippen LogP contribution in [0.4, 0.5) is 0 Å². The summed E-state index contributed by atoms with van der Waals surface area (Å²) in [5, 5.41) is 0. The first-order valence-corrected chi connectivity index (χ1v) is 13.8. The fraction of sp³-hybridized carbons (Fsp3) is 0.909. The molecule has 0 saturated carbocycles. The molecule has 0 aromatic carbocycles. The van der Waals surface area contributed by atoms with Gasteiger partial charge in [-0.3, -0.25) is 0 Å². The summed E-state index contributed by atoms with van der Waals surface area (Å²) in [6.45, 7) is 17.8. The first-order chi connectivity index (χ1) is 13.1. The van der Waals surface area contributed by atoms with Gasteiger partial charge in [0.2, 0.25) is 0 Å². The molecule has 0 aliphatic rings. The van der Waals surface area contributed by atoms with E-state index in [1.54, 1.807) is 0 Å². The van der Waals surface area contributed by atoms with Crippen molar-refractivity contribution >= 4 is 56.6 Å². The van der Waals surface area contributed by atoms with Crippen molar-refractivity contribution in [1.29, 1.82) is 0 Å². The van der Waals surface area contributed by atoms with Crippen LogP contribution in [0, 0.1) is 0 Å². The van der Waals surface area contributed by atoms with Crippen LogP contribution in [0.2, 0.25) is 0 Å². The van der Waals surface area contributed by atoms with Gasteiger partial charge < -0.3 is 9.80 Å². The average Bonchev–Trinajstić information content (AvgIpc) is 2.55. The molecule has 0 N–H and O–H groups in total. The van der Waals surface area contributed by atoms with Gasteiger partial charge in [0.15, 0.2) is 0 Å². The van der Waals surface area contributed by atoms with E-state index in [9.17, 15) is 0 Å². The number of rotatable bonds is 13. The summed E-state index contributed by atoms with van der Waals surface area (Å²) in [5.41, 5.74) is 0. The zero-order valence-electron chi connectivity index (χ0n) is 19.5. The number of hydrogen-bond acceptors (Lipinski definition) is 4. The van der Waals surface area contributed by atoms with Crippen LogP contribution in [-0.2, 0) is 0 Å². The lowest BCUT2D eigenvalue weighted by atomic mass is 10.1. The summed E-state index contributed by atoms with van der Waals surface area (Å²) >= 11 is 15.0. The monoisotopic (exact) mass is 464 g/mol. The quantitative estimate of drug-likeness (QED) is 0.203. The van der Waals surface area contributed by atoms with E-state index in [-0.39, 0.29) is 0 Å². The molecule has 0 spiro atoms. The lowest BCUT2D eigenvalue weighted by Gasteiger charge is -2.32. The second kappa shape index (κ2) is 16.2. The topological polar surface area (TPSA) is 6.48 Å². The molecule has 0 rings (SSSR count). The van der Waals surface area contributed by atoms with Crippen molar-refractivity contribution in [2.75, 3.05) is 11.5 Å². The SMILES string of the molecule is CC(C)N(C(=S)SCCCCCCCCSC(=S)N(C(C)C)C(C)C)C(C)C. The van der Waals surface area contributed by atoms with Gasteiger partial charge in [-0.15, -0.1) is 0 Å². The third-order valence-electron chi connectivity index (χ3n) is 4.64. The summed E-state index contributed by atoms with van der Waals surface area (Å²) in [6.07, 6.45) is 7.85. The summed E-state index contributed by atoms with van der Waals surface area (Å²) in [6, 6.07) is 1.94. The summed E-state index contributed by atoms with van der Waals surface area (Å²) in [5.74, 6) is 2.30. The van der Waals surface area contributed by atoms with Crippen molar-refractivity contribution in [3.05, 3.63) is 0 Å². The van der Waals surface area contributed by atoms with Crippen LogP contribution in [0.3, 0.4) is 0 Å². The Bertz CT molecular complexity index is 380. The first-order valence-electron chi connectivity index (χ1n) is 11.0. The number of thioether (sulfide) groups is 2. The zero-order chi connectivity index (χ0) is 21.7. The molecular formula is C22H44N2S4. The normalized spacial score (nSPS) is 11.7. The molecule has 0 heterocycles. The molecule has 0 fully saturated rings. The van der Waals surface area contributed by atoms with Gasteiger partial charge in [0.1, 0.15) is 8.64 Å². The van der Waals surface area contributed by atoms with Crippen molar-refractivity contribution in [1.82, 2.24) is 9.80 Å². The molecule has 0 unspecified atom stereocenters. The van der Waals surface area contributed by atoms with Crippen molar-refractivity contribution in [3.8, 4) is 0 Å². The molecule has 0 saturated heterocycles. The molecule has 0 radical (unpaired) electrons. The van der Waals surface area contributed by atoms with Gasteiger partial charge in [-0.05, 0) is 68.2 Å². The molecule has 0 amide bonds. The van der Waals surface area contributed by atoms with E-state index in [2.05, 4.69) is 65.2 Å². The van der Waals surface area contributed by atoms with Gasteiger partial charge in [0.05, 0.1) is 0 Å². The largest absolute Gasteiger partial charge is 0.353 e. The van der Waals surface area contributed by atoms with E-state index < -0.39 is 0 Å². The van der Waals surface area contributed by atoms with Crippen LogP contribution in [0.1, 0.15) is 93.9 Å². The molecule has 2 nitrogen and oxygen atoms in total. The van der Waals surface area contributed by atoms with E-state index in [1.807, 2.05) is 23.5 Å². The van der Waals surface area contributed by atoms with Crippen LogP contribution >= 0.6 is 48.0 Å². The average molecular weight is 465 g/mol. The van der Waals surface area contributed by atoms with Gasteiger partial charge in [-0.1, -0.05) is 73.6 Å². The van der Waals surface area contributed by atoms with Crippen LogP contribution < -0.4 is 0 Å². The molecule has 0 aromatic rings. The molecular weight excluding hydrogens is 421 g/mol. The minimum atomic E-state index is 0.485. The number of hydrogen-bond donors (Lipinski definition) is 0. The Labute approximate surface area is 195 Å². The maximum atomic E-state index is 5.62. The van der Waals surface area contributed by atoms with Gasteiger partial charge in [-0.25, -0.2) is 0 Å². The molecule has 6 heteroatoms. The molecule has 0 aromatic heterocycles. The molecule has 0 atom stereocenters. The van der Waals surface area contributed by atoms with Crippen LogP contribution in [0.5, 0.6) is 0 Å². The predicted octanol–water partition coefficient (Wildman–Crippen LogP) is 7.60. The summed E-state index contributed by atoms with van der Waals surface area (Å²) < 4.78 is 2.13. The Kier molecular flexibility index (Phi) is 16.5. The Balaban J connectivity index is 3.73. The van der Waals surface area contributed by atoms with Crippen LogP contribution in [-0.4, -0.2) is 54.1 Å². The number of unbranched alkanes of at least 4 members (excludes halogenated alkanes) is 5. The second-order valence-electron chi connectivity index (χ2n) is 8.54. The van der Waals surface area contributed by atoms with Gasteiger partial charge in [0, 0.05) is 35.7 Å². The summed E-state index contributed by atoms with van der Waals surface area (Å²) in [7, 11) is 0. The number of nitrogens with zero attached hydrogens (tertiary/aromatic N) is 2. The highest BCUT2D eigenvalue weighted by molar-refractivity contribution is 8.23. The number of thiocarbonyl (C=S) groups is 2. The lowest BCUT2D eigenvalue weighted by Crippen LogP contribution is -2.39. The van der Waals surface area contributed by atoms with Gasteiger partial charge >= 0.3 is 0 Å². The Morgan fingerprint density at radius 3 is 1.04 bits per heavy atom. The standard InChI is InChI=1S/C22H44N2S4/c1-17(2)23(18(3)4)21(25)27-15-13-11-9-10-12-14-16-28-22(26)24(19(5)6)20(7)8/h17-20H,9-16H2,1-8H3. The zero-order valence-corrected chi connectivity index (χ0v) is 22.8. The van der Waals surface area contributed by atoms with Gasteiger partial charge in [0.25, 0.3) is 0 Å². The Morgan fingerprint density at radius 1 is 0.536 bits per heavy atom. The van der Waals surface area contributed by atoms with Crippen LogP contribution in [0.15, 0.2) is 0 Å². The predicted molar refractivity (Wildman–Crippen MR) is 142 cm³/mol. The van der Waals surface area contributed by atoms with Crippen LogP contribution in [0.25, 0.3) is 0 Å². The second-order valence-corrected chi connectivity index (χ2v) is 12.0. The van der Waals surface area contributed by atoms with Crippen molar-refractivity contribution in [2.45, 2.75) is 118 Å². The van der Waals surface area contributed by atoms with E-state index in [0.717, 1.165) is 20.1 Å². The highest BCUT2D eigenvalue weighted by Crippen LogP contribution is 2.20. The Hall–Kier alpha value is 0.480. The van der Waals surface area contributed by atoms with Gasteiger partial charge in [-0.2, -0.15) is 0 Å². The van der Waals surface area contributed by atoms with E-state index in [0.29, 0.717) is 24.2 Å². The smallest absolute Gasteiger partial charge is 0.136 e. The van der Waals surface area contributed by atoms with E-state index >= 15 is 0 Å². The molecule has 28 heavy (non-hydrogen) atoms. The first kappa shape index (κ1) is 28.5. The molecule has 0 aliphatic carbocycles. The van der Waals surface area contributed by atoms with E-state index in [1.165, 1.54) is 38.5 Å². The van der Waals surface area contributed by atoms with E-state index in [4.69, 9.17) is 24.4 Å². The highest BCUT2D eigenvalue weighted by Gasteiger charge is 2.17. The minimum absolute atomic E-state index is 0.485. The fourth-order valence-corrected chi connectivity index (χ4v) is 6.95. The lowest BCUT2D eigenvalue weighted by molar-refractivity contribution is 0.302. The third kappa shape index (κ3) is 12.2. The molecule has 166 valence electrons. The third-order valence-corrected chi connectivity index (χ3v) is 7.67. The minimum Gasteiger partial charge on any atom is -0.353 e. The van der Waals surface area contributed by atoms with Crippen molar-refractivity contribution < 1.29 is 0 Å². The molecule has 0 bridgehead atoms. The fourth-order valence-electron chi connectivity index (χ4n) is 3.42. The van der Waals surface area contributed by atoms with Crippen molar-refractivity contribution in [2.24, 2.45) is 0 Å². The highest BCUT2D eigenvalue weighted by atomic mass is 32.2. The maximum absolute atomic E-state index is 5.62. The maximum Gasteiger partial charge on any atom is 0.136 e. The Morgan fingerprint density at radius 2 is 0.786 bits per heavy atom.